The molecule has 0 aliphatic heterocycles. The monoisotopic (exact) mass is 359 g/mol. The van der Waals surface area contributed by atoms with Crippen molar-refractivity contribution < 1.29 is 4.79 Å². The number of amides is 1. The quantitative estimate of drug-likeness (QED) is 0.731. The summed E-state index contributed by atoms with van der Waals surface area (Å²) in [4.78, 5) is 22.2. The number of halogens is 1. The highest BCUT2D eigenvalue weighted by atomic mass is 35.5. The Labute approximate surface area is 151 Å². The number of nitrogens with one attached hydrogen (secondary N) is 1. The van der Waals surface area contributed by atoms with Crippen molar-refractivity contribution in [2.24, 2.45) is 0 Å². The fourth-order valence-electron chi connectivity index (χ4n) is 2.35. The third kappa shape index (κ3) is 5.15. The Balaban J connectivity index is 0.00000208. The normalized spacial score (nSPS) is 11.3. The van der Waals surface area contributed by atoms with E-state index in [2.05, 4.69) is 21.4 Å². The second-order valence-corrected chi connectivity index (χ2v) is 6.19. The molecular formula is C18H18ClN3OS. The number of aromatic nitrogens is 2. The van der Waals surface area contributed by atoms with E-state index >= 15 is 0 Å². The number of nitrogens with zero attached hydrogens (tertiary/aromatic N) is 2. The van der Waals surface area contributed by atoms with E-state index in [0.717, 1.165) is 17.8 Å². The van der Waals surface area contributed by atoms with Gasteiger partial charge in [-0.25, -0.2) is 0 Å². The average molecular weight is 360 g/mol. The van der Waals surface area contributed by atoms with Crippen LogP contribution in [-0.2, 0) is 17.6 Å². The van der Waals surface area contributed by atoms with Gasteiger partial charge in [0.05, 0.1) is 18.2 Å². The van der Waals surface area contributed by atoms with E-state index < -0.39 is 0 Å². The van der Waals surface area contributed by atoms with Gasteiger partial charge in [0.2, 0.25) is 5.91 Å². The molecule has 0 saturated carbocycles. The van der Waals surface area contributed by atoms with E-state index in [1.807, 2.05) is 47.8 Å². The summed E-state index contributed by atoms with van der Waals surface area (Å²) in [5.74, 6) is -0.0455. The number of thiophene rings is 1. The van der Waals surface area contributed by atoms with Gasteiger partial charge in [0.1, 0.15) is 0 Å². The molecule has 4 nitrogen and oxygen atoms in total. The fraction of sp³-hybridized carbons (Fsp3) is 0.167. The summed E-state index contributed by atoms with van der Waals surface area (Å²) in [6, 6.07) is 15.3. The third-order valence-corrected chi connectivity index (χ3v) is 4.33. The van der Waals surface area contributed by atoms with E-state index in [0.29, 0.717) is 0 Å². The maximum absolute atomic E-state index is 12.3. The highest BCUT2D eigenvalue weighted by molar-refractivity contribution is 7.09. The van der Waals surface area contributed by atoms with Crippen LogP contribution in [0.1, 0.15) is 22.3 Å². The number of rotatable bonds is 6. The molecule has 0 aliphatic carbocycles. The summed E-state index contributed by atoms with van der Waals surface area (Å²) in [7, 11) is 0. The minimum atomic E-state index is -0.133. The van der Waals surface area contributed by atoms with Gasteiger partial charge >= 0.3 is 0 Å². The van der Waals surface area contributed by atoms with Crippen LogP contribution in [0.25, 0.3) is 0 Å². The molecule has 3 heterocycles. The number of carbonyl (C=O) groups is 1. The van der Waals surface area contributed by atoms with Crippen molar-refractivity contribution in [3.63, 3.8) is 0 Å². The van der Waals surface area contributed by atoms with Gasteiger partial charge < -0.3 is 5.32 Å². The Morgan fingerprint density at radius 2 is 1.83 bits per heavy atom. The first-order valence-electron chi connectivity index (χ1n) is 7.44. The van der Waals surface area contributed by atoms with Crippen molar-refractivity contribution in [2.45, 2.75) is 18.9 Å². The number of carbonyl (C=O) groups excluding carboxylic acids is 1. The molecule has 1 N–H and O–H groups in total. The van der Waals surface area contributed by atoms with Crippen LogP contribution in [0.4, 0.5) is 0 Å². The van der Waals surface area contributed by atoms with Crippen LogP contribution < -0.4 is 5.32 Å². The van der Waals surface area contributed by atoms with Crippen LogP contribution >= 0.6 is 23.7 Å². The summed E-state index contributed by atoms with van der Waals surface area (Å²) >= 11 is 1.69. The molecule has 24 heavy (non-hydrogen) atoms. The SMILES string of the molecule is Cl.O=C(Cc1ccccn1)NC(Cc1cccs1)c1ccccn1. The topological polar surface area (TPSA) is 54.9 Å². The van der Waals surface area contributed by atoms with E-state index in [-0.39, 0.29) is 30.8 Å². The molecule has 3 aromatic heterocycles. The van der Waals surface area contributed by atoms with Crippen LogP contribution in [0.3, 0.4) is 0 Å². The molecule has 0 saturated heterocycles. The number of hydrogen-bond donors (Lipinski definition) is 1. The Kier molecular flexibility index (Phi) is 6.90. The predicted molar refractivity (Wildman–Crippen MR) is 98.3 cm³/mol. The van der Waals surface area contributed by atoms with Gasteiger partial charge in [0.15, 0.2) is 0 Å². The molecule has 1 unspecified atom stereocenters. The first-order chi connectivity index (χ1) is 11.3. The standard InChI is InChI=1S/C18H17N3OS.ClH/c22-18(12-14-6-1-3-9-19-14)21-17(13-15-7-5-11-23-15)16-8-2-4-10-20-16;/h1-11,17H,12-13H2,(H,21,22);1H. The van der Waals surface area contributed by atoms with Gasteiger partial charge in [-0.15, -0.1) is 23.7 Å². The van der Waals surface area contributed by atoms with Crippen molar-refractivity contribution in [1.29, 1.82) is 0 Å². The van der Waals surface area contributed by atoms with Crippen LogP contribution in [-0.4, -0.2) is 15.9 Å². The van der Waals surface area contributed by atoms with Gasteiger partial charge in [-0.05, 0) is 35.7 Å². The highest BCUT2D eigenvalue weighted by Gasteiger charge is 2.17. The van der Waals surface area contributed by atoms with E-state index in [1.54, 1.807) is 23.7 Å². The Hall–Kier alpha value is -2.24. The molecule has 1 amide bonds. The largest absolute Gasteiger partial charge is 0.347 e. The Morgan fingerprint density at radius 1 is 1.04 bits per heavy atom. The summed E-state index contributed by atoms with van der Waals surface area (Å²) in [5.41, 5.74) is 1.64. The van der Waals surface area contributed by atoms with E-state index in [4.69, 9.17) is 0 Å². The molecule has 6 heteroatoms. The summed E-state index contributed by atoms with van der Waals surface area (Å²) in [6.07, 6.45) is 4.46. The van der Waals surface area contributed by atoms with Crippen molar-refractivity contribution in [3.8, 4) is 0 Å². The van der Waals surface area contributed by atoms with Crippen molar-refractivity contribution >= 4 is 29.7 Å². The molecule has 3 rings (SSSR count). The lowest BCUT2D eigenvalue weighted by molar-refractivity contribution is -0.121. The molecule has 3 aromatic rings. The zero-order valence-electron chi connectivity index (χ0n) is 13.0. The minimum Gasteiger partial charge on any atom is -0.347 e. The Morgan fingerprint density at radius 3 is 2.46 bits per heavy atom. The summed E-state index contributed by atoms with van der Waals surface area (Å²) < 4.78 is 0. The van der Waals surface area contributed by atoms with Crippen LogP contribution in [0.15, 0.2) is 66.3 Å². The maximum atomic E-state index is 12.3. The van der Waals surface area contributed by atoms with E-state index in [1.165, 1.54) is 4.88 Å². The average Bonchev–Trinajstić information content (AvgIpc) is 3.09. The van der Waals surface area contributed by atoms with Crippen LogP contribution in [0.5, 0.6) is 0 Å². The van der Waals surface area contributed by atoms with Crippen molar-refractivity contribution in [2.75, 3.05) is 0 Å². The predicted octanol–water partition coefficient (Wildman–Crippen LogP) is 3.60. The fourth-order valence-corrected chi connectivity index (χ4v) is 3.11. The lowest BCUT2D eigenvalue weighted by atomic mass is 10.1. The highest BCUT2D eigenvalue weighted by Crippen LogP contribution is 2.20. The summed E-state index contributed by atoms with van der Waals surface area (Å²) in [6.45, 7) is 0. The molecule has 0 bridgehead atoms. The van der Waals surface area contributed by atoms with Gasteiger partial charge in [-0.2, -0.15) is 0 Å². The smallest absolute Gasteiger partial charge is 0.226 e. The second kappa shape index (κ2) is 9.15. The Bertz CT molecular complexity index is 735. The zero-order valence-corrected chi connectivity index (χ0v) is 14.6. The minimum absolute atomic E-state index is 0. The summed E-state index contributed by atoms with van der Waals surface area (Å²) in [5, 5.41) is 5.13. The molecule has 0 aliphatic rings. The van der Waals surface area contributed by atoms with Crippen LogP contribution in [0.2, 0.25) is 0 Å². The zero-order chi connectivity index (χ0) is 15.9. The first-order valence-corrected chi connectivity index (χ1v) is 8.32. The van der Waals surface area contributed by atoms with Crippen molar-refractivity contribution in [1.82, 2.24) is 15.3 Å². The van der Waals surface area contributed by atoms with Crippen molar-refractivity contribution in [3.05, 3.63) is 82.6 Å². The van der Waals surface area contributed by atoms with Gasteiger partial charge in [0, 0.05) is 29.4 Å². The third-order valence-electron chi connectivity index (χ3n) is 3.43. The number of pyridine rings is 2. The van der Waals surface area contributed by atoms with Gasteiger partial charge in [-0.3, -0.25) is 14.8 Å². The molecule has 0 radical (unpaired) electrons. The molecule has 124 valence electrons. The van der Waals surface area contributed by atoms with Gasteiger partial charge in [-0.1, -0.05) is 18.2 Å². The second-order valence-electron chi connectivity index (χ2n) is 5.16. The lowest BCUT2D eigenvalue weighted by Crippen LogP contribution is -2.31. The number of hydrogen-bond acceptors (Lipinski definition) is 4. The van der Waals surface area contributed by atoms with Gasteiger partial charge in [0.25, 0.3) is 0 Å². The molecule has 0 fully saturated rings. The maximum Gasteiger partial charge on any atom is 0.226 e. The molecular weight excluding hydrogens is 342 g/mol. The van der Waals surface area contributed by atoms with Crippen LogP contribution in [0, 0.1) is 0 Å². The molecule has 1 atom stereocenters. The lowest BCUT2D eigenvalue weighted by Gasteiger charge is -2.17. The first kappa shape index (κ1) is 18.1. The molecule has 0 aromatic carbocycles. The molecule has 0 spiro atoms. The van der Waals surface area contributed by atoms with E-state index in [9.17, 15) is 4.79 Å².